The van der Waals surface area contributed by atoms with Crippen LogP contribution in [0.4, 0.5) is 11.6 Å². The molecule has 4 aromatic rings. The fourth-order valence-corrected chi connectivity index (χ4v) is 3.12. The van der Waals surface area contributed by atoms with Gasteiger partial charge in [-0.3, -0.25) is 9.67 Å². The fourth-order valence-electron chi connectivity index (χ4n) is 3.12. The van der Waals surface area contributed by atoms with Gasteiger partial charge in [0.2, 0.25) is 0 Å². The number of hydrogen-bond donors (Lipinski definition) is 3. The van der Waals surface area contributed by atoms with Gasteiger partial charge in [-0.25, -0.2) is 9.78 Å². The van der Waals surface area contributed by atoms with Gasteiger partial charge in [-0.05, 0) is 18.2 Å². The van der Waals surface area contributed by atoms with Crippen LogP contribution in [0.2, 0.25) is 0 Å². The molecule has 4 heterocycles. The van der Waals surface area contributed by atoms with Crippen molar-refractivity contribution in [2.75, 3.05) is 11.1 Å². The second-order valence-electron chi connectivity index (χ2n) is 6.30. The summed E-state index contributed by atoms with van der Waals surface area (Å²) in [5, 5.41) is 16.6. The minimum atomic E-state index is -0.627. The summed E-state index contributed by atoms with van der Waals surface area (Å²) in [7, 11) is 3.81. The van der Waals surface area contributed by atoms with Crippen molar-refractivity contribution in [2.24, 2.45) is 14.1 Å². The van der Waals surface area contributed by atoms with Crippen molar-refractivity contribution in [3.63, 3.8) is 0 Å². The molecule has 4 aromatic heterocycles. The third-order valence-electron chi connectivity index (χ3n) is 4.54. The van der Waals surface area contributed by atoms with Gasteiger partial charge in [-0.1, -0.05) is 0 Å². The van der Waals surface area contributed by atoms with Gasteiger partial charge in [0.1, 0.15) is 17.5 Å². The molecule has 0 radical (unpaired) electrons. The van der Waals surface area contributed by atoms with Crippen molar-refractivity contribution in [2.45, 2.75) is 6.54 Å². The zero-order valence-corrected chi connectivity index (χ0v) is 15.3. The summed E-state index contributed by atoms with van der Waals surface area (Å²) in [6, 6.07) is 7.83. The zero-order chi connectivity index (χ0) is 19.8. The number of pyridine rings is 1. The van der Waals surface area contributed by atoms with Crippen LogP contribution in [0.1, 0.15) is 11.3 Å². The standard InChI is InChI=1S/C18H17N9O/c1-26-6-4-12-15(26)7-10(14-3-5-22-27(14)2)13(23-12)9-21-17-11(8-19)16(20)24-18(28)25-17/h3-7H,9H2,1-2H3,(H4,20,21,24,25,28). The number of nitrogen functional groups attached to an aromatic ring is 1. The Labute approximate surface area is 159 Å². The highest BCUT2D eigenvalue weighted by Gasteiger charge is 2.16. The number of H-pyrrole nitrogens is 1. The highest BCUT2D eigenvalue weighted by Crippen LogP contribution is 2.27. The van der Waals surface area contributed by atoms with E-state index in [4.69, 9.17) is 10.7 Å². The summed E-state index contributed by atoms with van der Waals surface area (Å²) in [6.07, 6.45) is 3.66. The number of fused-ring (bicyclic) bond motifs is 1. The molecule has 28 heavy (non-hydrogen) atoms. The van der Waals surface area contributed by atoms with Crippen LogP contribution in [0.3, 0.4) is 0 Å². The first-order valence-electron chi connectivity index (χ1n) is 8.45. The molecule has 0 fully saturated rings. The molecule has 0 amide bonds. The molecule has 10 nitrogen and oxygen atoms in total. The number of nitrogens with two attached hydrogens (primary N) is 1. The molecule has 4 rings (SSSR count). The van der Waals surface area contributed by atoms with Crippen molar-refractivity contribution in [3.05, 3.63) is 52.3 Å². The molecule has 0 aliphatic rings. The number of aryl methyl sites for hydroxylation is 2. The van der Waals surface area contributed by atoms with E-state index in [0.29, 0.717) is 0 Å². The van der Waals surface area contributed by atoms with Crippen LogP contribution in [0.25, 0.3) is 22.3 Å². The van der Waals surface area contributed by atoms with E-state index in [1.807, 2.05) is 49.1 Å². The van der Waals surface area contributed by atoms with Crippen molar-refractivity contribution in [1.82, 2.24) is 29.3 Å². The Kier molecular flexibility index (Phi) is 4.04. The summed E-state index contributed by atoms with van der Waals surface area (Å²) < 4.78 is 3.76. The molecule has 0 unspecified atom stereocenters. The molecule has 0 aliphatic carbocycles. The van der Waals surface area contributed by atoms with E-state index in [0.717, 1.165) is 28.0 Å². The molecule has 4 N–H and O–H groups in total. The van der Waals surface area contributed by atoms with E-state index >= 15 is 0 Å². The van der Waals surface area contributed by atoms with E-state index in [2.05, 4.69) is 20.4 Å². The molecular formula is C18H17N9O. The number of hydrogen-bond acceptors (Lipinski definition) is 7. The van der Waals surface area contributed by atoms with Gasteiger partial charge >= 0.3 is 5.69 Å². The normalized spacial score (nSPS) is 10.9. The summed E-state index contributed by atoms with van der Waals surface area (Å²) in [6.45, 7) is 0.246. The van der Waals surface area contributed by atoms with E-state index in [-0.39, 0.29) is 23.7 Å². The molecule has 140 valence electrons. The predicted molar refractivity (Wildman–Crippen MR) is 104 cm³/mol. The molecule has 0 spiro atoms. The van der Waals surface area contributed by atoms with Crippen molar-refractivity contribution < 1.29 is 0 Å². The summed E-state index contributed by atoms with van der Waals surface area (Å²) in [5.74, 6) is 0.0954. The molecule has 0 aromatic carbocycles. The zero-order valence-electron chi connectivity index (χ0n) is 15.3. The lowest BCUT2D eigenvalue weighted by molar-refractivity contribution is 0.774. The summed E-state index contributed by atoms with van der Waals surface area (Å²) >= 11 is 0. The number of aromatic nitrogens is 6. The number of nitrogens with zero attached hydrogens (tertiary/aromatic N) is 6. The quantitative estimate of drug-likeness (QED) is 0.485. The predicted octanol–water partition coefficient (Wildman–Crippen LogP) is 1.12. The van der Waals surface area contributed by atoms with Gasteiger partial charge < -0.3 is 15.6 Å². The van der Waals surface area contributed by atoms with Gasteiger partial charge in [0.05, 0.1) is 29.0 Å². The van der Waals surface area contributed by atoms with Crippen LogP contribution < -0.4 is 16.7 Å². The summed E-state index contributed by atoms with van der Waals surface area (Å²) in [5.41, 5.74) is 9.51. The van der Waals surface area contributed by atoms with Crippen LogP contribution in [0.5, 0.6) is 0 Å². The van der Waals surface area contributed by atoms with Crippen LogP contribution in [0, 0.1) is 11.3 Å². The van der Waals surface area contributed by atoms with E-state index < -0.39 is 5.69 Å². The SMILES string of the molecule is Cn1nccc1-c1cc2c(ccn2C)nc1CNc1nc(=O)[nH]c(N)c1C#N. The van der Waals surface area contributed by atoms with Crippen molar-refractivity contribution in [3.8, 4) is 17.3 Å². The topological polar surface area (TPSA) is 143 Å². The molecule has 0 aliphatic heterocycles. The highest BCUT2D eigenvalue weighted by molar-refractivity contribution is 5.82. The Bertz CT molecular complexity index is 1290. The number of anilines is 2. The average Bonchev–Trinajstić information content (AvgIpc) is 3.24. The molecule has 0 bridgehead atoms. The first-order chi connectivity index (χ1) is 13.5. The molecular weight excluding hydrogens is 358 g/mol. The van der Waals surface area contributed by atoms with Crippen molar-refractivity contribution in [1.29, 1.82) is 5.26 Å². The maximum Gasteiger partial charge on any atom is 0.348 e. The largest absolute Gasteiger partial charge is 0.384 e. The molecule has 10 heteroatoms. The maximum absolute atomic E-state index is 11.6. The van der Waals surface area contributed by atoms with Crippen molar-refractivity contribution >= 4 is 22.7 Å². The van der Waals surface area contributed by atoms with Crippen LogP contribution >= 0.6 is 0 Å². The average molecular weight is 375 g/mol. The first-order valence-corrected chi connectivity index (χ1v) is 8.45. The van der Waals surface area contributed by atoms with Crippen LogP contribution in [-0.4, -0.2) is 29.3 Å². The Morgan fingerprint density at radius 3 is 2.86 bits per heavy atom. The third kappa shape index (κ3) is 2.84. The van der Waals surface area contributed by atoms with Gasteiger partial charge in [0, 0.05) is 32.1 Å². The number of nitrogens with one attached hydrogen (secondary N) is 2. The number of aromatic amines is 1. The molecule has 0 saturated carbocycles. The monoisotopic (exact) mass is 375 g/mol. The van der Waals surface area contributed by atoms with Gasteiger partial charge in [-0.2, -0.15) is 15.3 Å². The Hall–Kier alpha value is -4.13. The van der Waals surface area contributed by atoms with Crippen LogP contribution in [0.15, 0.2) is 35.4 Å². The lowest BCUT2D eigenvalue weighted by Crippen LogP contribution is -2.18. The molecule has 0 atom stereocenters. The van der Waals surface area contributed by atoms with E-state index in [1.54, 1.807) is 10.9 Å². The Morgan fingerprint density at radius 1 is 1.32 bits per heavy atom. The Balaban J connectivity index is 1.80. The van der Waals surface area contributed by atoms with E-state index in [1.165, 1.54) is 0 Å². The third-order valence-corrected chi connectivity index (χ3v) is 4.54. The number of rotatable bonds is 4. The second kappa shape index (κ2) is 6.55. The minimum absolute atomic E-state index is 0.0247. The Morgan fingerprint density at radius 2 is 2.14 bits per heavy atom. The fraction of sp³-hybridized carbons (Fsp3) is 0.167. The lowest BCUT2D eigenvalue weighted by atomic mass is 10.1. The minimum Gasteiger partial charge on any atom is -0.384 e. The van der Waals surface area contributed by atoms with Gasteiger partial charge in [0.15, 0.2) is 5.82 Å². The van der Waals surface area contributed by atoms with Gasteiger partial charge in [-0.15, -0.1) is 0 Å². The second-order valence-corrected chi connectivity index (χ2v) is 6.30. The highest BCUT2D eigenvalue weighted by atomic mass is 16.1. The summed E-state index contributed by atoms with van der Waals surface area (Å²) in [4.78, 5) is 22.5. The molecule has 0 saturated heterocycles. The van der Waals surface area contributed by atoms with Crippen LogP contribution in [-0.2, 0) is 20.6 Å². The smallest absolute Gasteiger partial charge is 0.348 e. The van der Waals surface area contributed by atoms with Gasteiger partial charge in [0.25, 0.3) is 0 Å². The maximum atomic E-state index is 11.6. The first kappa shape index (κ1) is 17.3. The number of nitriles is 1. The van der Waals surface area contributed by atoms with E-state index in [9.17, 15) is 10.1 Å². The lowest BCUT2D eigenvalue weighted by Gasteiger charge is -2.13.